The van der Waals surface area contributed by atoms with Gasteiger partial charge < -0.3 is 10.4 Å². The third-order valence-electron chi connectivity index (χ3n) is 3.65. The van der Waals surface area contributed by atoms with Gasteiger partial charge in [-0.25, -0.2) is 4.79 Å². The molecule has 7 heteroatoms. The van der Waals surface area contributed by atoms with Crippen LogP contribution in [0.4, 0.5) is 5.69 Å². The van der Waals surface area contributed by atoms with Gasteiger partial charge in [-0.15, -0.1) is 0 Å². The summed E-state index contributed by atoms with van der Waals surface area (Å²) in [6.07, 6.45) is 0.770. The highest BCUT2D eigenvalue weighted by Gasteiger charge is 2.12. The lowest BCUT2D eigenvalue weighted by molar-refractivity contribution is -0.116. The molecule has 5 nitrogen and oxygen atoms in total. The Labute approximate surface area is 160 Å². The minimum Gasteiger partial charge on any atom is -0.478 e. The molecule has 0 unspecified atom stereocenters. The van der Waals surface area contributed by atoms with E-state index in [-0.39, 0.29) is 28.0 Å². The van der Waals surface area contributed by atoms with Crippen molar-refractivity contribution in [1.82, 2.24) is 0 Å². The fourth-order valence-corrected chi connectivity index (χ4v) is 3.20. The molecule has 2 rings (SSSR count). The summed E-state index contributed by atoms with van der Waals surface area (Å²) in [5.74, 6) is -0.799. The number of aryl methyl sites for hydroxylation is 1. The molecule has 2 N–H and O–H groups in total. The number of carboxylic acid groups (broad SMARTS) is 1. The summed E-state index contributed by atoms with van der Waals surface area (Å²) in [5.41, 5.74) is 2.37. The van der Waals surface area contributed by atoms with Gasteiger partial charge in [-0.05, 0) is 35.7 Å². The van der Waals surface area contributed by atoms with Crippen LogP contribution in [-0.2, 0) is 21.8 Å². The number of amides is 1. The Bertz CT molecular complexity index is 838. The van der Waals surface area contributed by atoms with Gasteiger partial charge in [-0.1, -0.05) is 47.6 Å². The van der Waals surface area contributed by atoms with Crippen molar-refractivity contribution in [2.24, 2.45) is 0 Å². The number of benzene rings is 2. The van der Waals surface area contributed by atoms with E-state index in [4.69, 9.17) is 16.7 Å². The Morgan fingerprint density at radius 1 is 1.12 bits per heavy atom. The average Bonchev–Trinajstić information content (AvgIpc) is 2.60. The van der Waals surface area contributed by atoms with Crippen molar-refractivity contribution >= 4 is 46.0 Å². The number of carbonyl (C=O) groups is 3. The van der Waals surface area contributed by atoms with E-state index in [0.29, 0.717) is 17.9 Å². The summed E-state index contributed by atoms with van der Waals surface area (Å²) in [7, 11) is 0. The van der Waals surface area contributed by atoms with Crippen LogP contribution in [0.1, 0.15) is 34.8 Å². The number of hydrogen-bond acceptors (Lipinski definition) is 4. The highest BCUT2D eigenvalue weighted by molar-refractivity contribution is 8.12. The Morgan fingerprint density at radius 3 is 2.46 bits per heavy atom. The maximum absolute atomic E-state index is 12.2. The monoisotopic (exact) mass is 391 g/mol. The fourth-order valence-electron chi connectivity index (χ4n) is 2.36. The molecule has 0 aliphatic heterocycles. The first-order valence-corrected chi connectivity index (χ1v) is 9.26. The Hall–Kier alpha value is -2.31. The van der Waals surface area contributed by atoms with Gasteiger partial charge in [0, 0.05) is 24.8 Å². The van der Waals surface area contributed by atoms with Gasteiger partial charge in [-0.2, -0.15) is 0 Å². The predicted molar refractivity (Wildman–Crippen MR) is 104 cm³/mol. The Kier molecular flexibility index (Phi) is 7.24. The van der Waals surface area contributed by atoms with E-state index >= 15 is 0 Å². The quantitative estimate of drug-likeness (QED) is 0.731. The second-order valence-electron chi connectivity index (χ2n) is 5.60. The van der Waals surface area contributed by atoms with Crippen molar-refractivity contribution in [1.29, 1.82) is 0 Å². The highest BCUT2D eigenvalue weighted by Crippen LogP contribution is 2.22. The highest BCUT2D eigenvalue weighted by atomic mass is 35.5. The lowest BCUT2D eigenvalue weighted by Gasteiger charge is -2.10. The van der Waals surface area contributed by atoms with E-state index in [1.807, 2.05) is 24.3 Å². The maximum Gasteiger partial charge on any atom is 0.337 e. The number of anilines is 1. The lowest BCUT2D eigenvalue weighted by Crippen LogP contribution is -2.13. The van der Waals surface area contributed by atoms with Gasteiger partial charge >= 0.3 is 5.97 Å². The Balaban J connectivity index is 1.98. The summed E-state index contributed by atoms with van der Waals surface area (Å²) in [4.78, 5) is 34.4. The molecule has 0 spiro atoms. The molecule has 0 atom stereocenters. The van der Waals surface area contributed by atoms with Crippen LogP contribution in [0.15, 0.2) is 42.5 Å². The van der Waals surface area contributed by atoms with Crippen LogP contribution in [-0.4, -0.2) is 22.1 Å². The maximum atomic E-state index is 12.2. The second kappa shape index (κ2) is 9.40. The zero-order valence-electron chi connectivity index (χ0n) is 14.1. The van der Waals surface area contributed by atoms with Crippen LogP contribution >= 0.6 is 23.4 Å². The number of rotatable bonds is 7. The van der Waals surface area contributed by atoms with Crippen molar-refractivity contribution in [3.63, 3.8) is 0 Å². The van der Waals surface area contributed by atoms with Crippen LogP contribution in [0.5, 0.6) is 0 Å². The molecule has 26 heavy (non-hydrogen) atoms. The minimum absolute atomic E-state index is 0.0505. The fraction of sp³-hybridized carbons (Fsp3) is 0.211. The number of hydrogen-bond donors (Lipinski definition) is 2. The first kappa shape index (κ1) is 20.0. The van der Waals surface area contributed by atoms with E-state index in [0.717, 1.165) is 11.1 Å². The van der Waals surface area contributed by atoms with Crippen LogP contribution in [0.2, 0.25) is 5.02 Å². The standard InChI is InChI=1S/C19H18ClNO4S/c1-12(22)26-11-14-5-3-2-4-13(14)6-9-18(23)21-15-7-8-17(20)16(10-15)19(24)25/h2-5,7-8,10H,6,9,11H2,1H3,(H,21,23)(H,24,25). The van der Waals surface area contributed by atoms with Crippen molar-refractivity contribution in [2.45, 2.75) is 25.5 Å². The van der Waals surface area contributed by atoms with Crippen LogP contribution in [0.3, 0.4) is 0 Å². The number of thioether (sulfide) groups is 1. The number of nitrogens with one attached hydrogen (secondary N) is 1. The average molecular weight is 392 g/mol. The van der Waals surface area contributed by atoms with E-state index in [2.05, 4.69) is 5.32 Å². The summed E-state index contributed by atoms with van der Waals surface area (Å²) in [5, 5.41) is 11.9. The van der Waals surface area contributed by atoms with Gasteiger partial charge in [-0.3, -0.25) is 9.59 Å². The van der Waals surface area contributed by atoms with Crippen molar-refractivity contribution < 1.29 is 19.5 Å². The molecule has 0 aromatic heterocycles. The molecule has 0 saturated carbocycles. The van der Waals surface area contributed by atoms with E-state index in [9.17, 15) is 14.4 Å². The molecule has 2 aromatic rings. The number of aromatic carboxylic acids is 1. The van der Waals surface area contributed by atoms with E-state index < -0.39 is 5.97 Å². The lowest BCUT2D eigenvalue weighted by atomic mass is 10.0. The number of halogens is 1. The zero-order chi connectivity index (χ0) is 19.1. The molecular formula is C19H18ClNO4S. The van der Waals surface area contributed by atoms with Crippen LogP contribution < -0.4 is 5.32 Å². The van der Waals surface area contributed by atoms with E-state index in [1.54, 1.807) is 6.07 Å². The number of carbonyl (C=O) groups excluding carboxylic acids is 2. The smallest absolute Gasteiger partial charge is 0.337 e. The van der Waals surface area contributed by atoms with Gasteiger partial charge in [0.15, 0.2) is 5.12 Å². The van der Waals surface area contributed by atoms with E-state index in [1.165, 1.54) is 30.8 Å². The largest absolute Gasteiger partial charge is 0.478 e. The van der Waals surface area contributed by atoms with Gasteiger partial charge in [0.1, 0.15) is 0 Å². The first-order chi connectivity index (χ1) is 12.4. The molecule has 0 radical (unpaired) electrons. The predicted octanol–water partition coefficient (Wildman–Crippen LogP) is 4.39. The molecule has 1 amide bonds. The van der Waals surface area contributed by atoms with Crippen molar-refractivity contribution in [3.05, 3.63) is 64.2 Å². The van der Waals surface area contributed by atoms with Crippen molar-refractivity contribution in [3.8, 4) is 0 Å². The zero-order valence-corrected chi connectivity index (χ0v) is 15.7. The summed E-state index contributed by atoms with van der Waals surface area (Å²) in [6.45, 7) is 1.53. The van der Waals surface area contributed by atoms with Crippen LogP contribution in [0, 0.1) is 0 Å². The molecule has 0 heterocycles. The normalized spacial score (nSPS) is 10.4. The number of carboxylic acids is 1. The molecule has 0 bridgehead atoms. The minimum atomic E-state index is -1.15. The Morgan fingerprint density at radius 2 is 1.81 bits per heavy atom. The molecule has 2 aromatic carbocycles. The second-order valence-corrected chi connectivity index (χ2v) is 7.16. The van der Waals surface area contributed by atoms with Gasteiger partial charge in [0.25, 0.3) is 0 Å². The van der Waals surface area contributed by atoms with Crippen LogP contribution in [0.25, 0.3) is 0 Å². The summed E-state index contributed by atoms with van der Waals surface area (Å²) < 4.78 is 0. The molecule has 0 saturated heterocycles. The molecular weight excluding hydrogens is 374 g/mol. The third kappa shape index (κ3) is 5.89. The van der Waals surface area contributed by atoms with Gasteiger partial charge in [0.05, 0.1) is 10.6 Å². The first-order valence-electron chi connectivity index (χ1n) is 7.89. The molecule has 0 aliphatic rings. The summed E-state index contributed by atoms with van der Waals surface area (Å²) >= 11 is 7.05. The SMILES string of the molecule is CC(=O)SCc1ccccc1CCC(=O)Nc1ccc(Cl)c(C(=O)O)c1. The molecule has 0 aliphatic carbocycles. The van der Waals surface area contributed by atoms with Gasteiger partial charge in [0.2, 0.25) is 5.91 Å². The molecule has 0 fully saturated rings. The third-order valence-corrected chi connectivity index (χ3v) is 4.84. The molecule has 136 valence electrons. The van der Waals surface area contributed by atoms with Crippen molar-refractivity contribution in [2.75, 3.05) is 5.32 Å². The summed E-state index contributed by atoms with van der Waals surface area (Å²) in [6, 6.07) is 12.0. The topological polar surface area (TPSA) is 83.5 Å².